The summed E-state index contributed by atoms with van der Waals surface area (Å²) in [6.45, 7) is 5.34. The van der Waals surface area contributed by atoms with Gasteiger partial charge in [-0.05, 0) is 37.1 Å². The van der Waals surface area contributed by atoms with Gasteiger partial charge in [0.2, 0.25) is 0 Å². The lowest BCUT2D eigenvalue weighted by atomic mass is 9.98. The first-order chi connectivity index (χ1) is 7.77. The van der Waals surface area contributed by atoms with Crippen molar-refractivity contribution in [2.24, 2.45) is 0 Å². The van der Waals surface area contributed by atoms with Crippen molar-refractivity contribution in [3.05, 3.63) is 35.6 Å². The Balaban J connectivity index is 0.000000386. The van der Waals surface area contributed by atoms with Crippen LogP contribution in [0.4, 0.5) is 4.39 Å². The Hall–Kier alpha value is -0.890. The maximum Gasteiger partial charge on any atom is 0.123 e. The zero-order valence-electron chi connectivity index (χ0n) is 10.3. The molecule has 1 aromatic rings. The van der Waals surface area contributed by atoms with Crippen molar-refractivity contribution in [1.29, 1.82) is 0 Å². The Bertz CT molecular complexity index is 275. The minimum absolute atomic E-state index is 0.153. The average molecular weight is 223 g/mol. The van der Waals surface area contributed by atoms with Gasteiger partial charge in [0.05, 0.1) is 0 Å². The molecule has 0 radical (unpaired) electrons. The molecule has 1 aliphatic rings. The highest BCUT2D eigenvalue weighted by molar-refractivity contribution is 5.20. The standard InChI is InChI=1S/C11H14FN.C3H8/c12-10-6-4-9(5-7-10)11-3-1-2-8-13-11;1-3-2/h4-7,11,13H,1-3,8H2;3H2,1-2H3/t11-;/m1./s1. The lowest BCUT2D eigenvalue weighted by Gasteiger charge is -2.23. The van der Waals surface area contributed by atoms with Gasteiger partial charge in [0, 0.05) is 6.04 Å². The van der Waals surface area contributed by atoms with E-state index >= 15 is 0 Å². The highest BCUT2D eigenvalue weighted by atomic mass is 19.1. The number of hydrogen-bond acceptors (Lipinski definition) is 1. The van der Waals surface area contributed by atoms with Crippen molar-refractivity contribution >= 4 is 0 Å². The van der Waals surface area contributed by atoms with Crippen LogP contribution in [-0.2, 0) is 0 Å². The predicted octanol–water partition coefficient (Wildman–Crippen LogP) is 4.06. The van der Waals surface area contributed by atoms with E-state index in [2.05, 4.69) is 19.2 Å². The minimum atomic E-state index is -0.153. The fourth-order valence-electron chi connectivity index (χ4n) is 1.83. The van der Waals surface area contributed by atoms with Crippen LogP contribution >= 0.6 is 0 Å². The normalized spacial score (nSPS) is 19.8. The molecule has 16 heavy (non-hydrogen) atoms. The Kier molecular flexibility index (Phi) is 6.09. The van der Waals surface area contributed by atoms with Crippen molar-refractivity contribution in [1.82, 2.24) is 5.32 Å². The van der Waals surface area contributed by atoms with Gasteiger partial charge in [-0.2, -0.15) is 0 Å². The van der Waals surface area contributed by atoms with E-state index in [1.807, 2.05) is 12.1 Å². The Morgan fingerprint density at radius 3 is 2.31 bits per heavy atom. The predicted molar refractivity (Wildman–Crippen MR) is 67.0 cm³/mol. The van der Waals surface area contributed by atoms with Crippen LogP contribution in [0.3, 0.4) is 0 Å². The van der Waals surface area contributed by atoms with Gasteiger partial charge in [0.15, 0.2) is 0 Å². The Labute approximate surface area is 98.1 Å². The molecule has 0 amide bonds. The second-order valence-electron chi connectivity index (χ2n) is 4.26. The molecule has 1 aromatic carbocycles. The molecular weight excluding hydrogens is 201 g/mol. The zero-order chi connectivity index (χ0) is 11.8. The number of hydrogen-bond donors (Lipinski definition) is 1. The van der Waals surface area contributed by atoms with Gasteiger partial charge in [0.25, 0.3) is 0 Å². The van der Waals surface area contributed by atoms with Crippen molar-refractivity contribution < 1.29 is 4.39 Å². The number of benzene rings is 1. The molecule has 1 fully saturated rings. The number of piperidine rings is 1. The summed E-state index contributed by atoms with van der Waals surface area (Å²) in [6, 6.07) is 7.25. The first-order valence-corrected chi connectivity index (χ1v) is 6.26. The molecule has 2 heteroatoms. The van der Waals surface area contributed by atoms with Crippen LogP contribution < -0.4 is 5.32 Å². The van der Waals surface area contributed by atoms with Crippen LogP contribution in [0.2, 0.25) is 0 Å². The molecule has 0 saturated carbocycles. The molecular formula is C14H22FN. The first-order valence-electron chi connectivity index (χ1n) is 6.26. The molecule has 1 atom stereocenters. The summed E-state index contributed by atoms with van der Waals surface area (Å²) in [5.41, 5.74) is 1.21. The molecule has 1 nitrogen and oxygen atoms in total. The number of nitrogens with one attached hydrogen (secondary N) is 1. The van der Waals surface area contributed by atoms with E-state index in [1.165, 1.54) is 43.4 Å². The summed E-state index contributed by atoms with van der Waals surface area (Å²) in [5.74, 6) is -0.153. The fraction of sp³-hybridized carbons (Fsp3) is 0.571. The van der Waals surface area contributed by atoms with Crippen molar-refractivity contribution in [2.75, 3.05) is 6.54 Å². The quantitative estimate of drug-likeness (QED) is 0.757. The monoisotopic (exact) mass is 223 g/mol. The molecule has 1 N–H and O–H groups in total. The number of rotatable bonds is 1. The van der Waals surface area contributed by atoms with Crippen LogP contribution in [0.15, 0.2) is 24.3 Å². The molecule has 0 spiro atoms. The largest absolute Gasteiger partial charge is 0.310 e. The average Bonchev–Trinajstić information content (AvgIpc) is 2.32. The van der Waals surface area contributed by atoms with Crippen LogP contribution in [0, 0.1) is 5.82 Å². The van der Waals surface area contributed by atoms with Crippen LogP contribution in [0.25, 0.3) is 0 Å². The molecule has 2 rings (SSSR count). The second-order valence-corrected chi connectivity index (χ2v) is 4.26. The molecule has 1 aliphatic heterocycles. The SMILES string of the molecule is CCC.Fc1ccc([C@H]2CCCCN2)cc1. The highest BCUT2D eigenvalue weighted by Crippen LogP contribution is 2.22. The van der Waals surface area contributed by atoms with E-state index in [9.17, 15) is 4.39 Å². The summed E-state index contributed by atoms with van der Waals surface area (Å²) in [7, 11) is 0. The highest BCUT2D eigenvalue weighted by Gasteiger charge is 2.13. The van der Waals surface area contributed by atoms with Gasteiger partial charge in [-0.1, -0.05) is 38.8 Å². The number of halogens is 1. The van der Waals surface area contributed by atoms with E-state index in [1.54, 1.807) is 0 Å². The van der Waals surface area contributed by atoms with Crippen molar-refractivity contribution in [3.63, 3.8) is 0 Å². The first kappa shape index (κ1) is 13.2. The van der Waals surface area contributed by atoms with Crippen LogP contribution in [0.5, 0.6) is 0 Å². The van der Waals surface area contributed by atoms with Crippen LogP contribution in [0.1, 0.15) is 51.1 Å². The lowest BCUT2D eigenvalue weighted by Crippen LogP contribution is -2.26. The minimum Gasteiger partial charge on any atom is -0.310 e. The third kappa shape index (κ3) is 4.31. The summed E-state index contributed by atoms with van der Waals surface area (Å²) < 4.78 is 12.6. The van der Waals surface area contributed by atoms with Crippen molar-refractivity contribution in [3.8, 4) is 0 Å². The fourth-order valence-corrected chi connectivity index (χ4v) is 1.83. The smallest absolute Gasteiger partial charge is 0.123 e. The Morgan fingerprint density at radius 2 is 1.81 bits per heavy atom. The molecule has 0 aromatic heterocycles. The second kappa shape index (κ2) is 7.39. The third-order valence-electron chi connectivity index (χ3n) is 2.58. The maximum atomic E-state index is 12.6. The Morgan fingerprint density at radius 1 is 1.19 bits per heavy atom. The van der Waals surface area contributed by atoms with E-state index in [0.29, 0.717) is 6.04 Å². The van der Waals surface area contributed by atoms with Crippen LogP contribution in [-0.4, -0.2) is 6.54 Å². The molecule has 90 valence electrons. The van der Waals surface area contributed by atoms with E-state index < -0.39 is 0 Å². The van der Waals surface area contributed by atoms with Gasteiger partial charge in [-0.15, -0.1) is 0 Å². The maximum absolute atomic E-state index is 12.6. The summed E-state index contributed by atoms with van der Waals surface area (Å²) in [4.78, 5) is 0. The summed E-state index contributed by atoms with van der Waals surface area (Å²) >= 11 is 0. The topological polar surface area (TPSA) is 12.0 Å². The third-order valence-corrected chi connectivity index (χ3v) is 2.58. The van der Waals surface area contributed by atoms with Gasteiger partial charge < -0.3 is 5.32 Å². The van der Waals surface area contributed by atoms with E-state index in [4.69, 9.17) is 0 Å². The van der Waals surface area contributed by atoms with E-state index in [-0.39, 0.29) is 5.82 Å². The van der Waals surface area contributed by atoms with Gasteiger partial charge in [-0.3, -0.25) is 0 Å². The lowest BCUT2D eigenvalue weighted by molar-refractivity contribution is 0.412. The molecule has 0 bridgehead atoms. The molecule has 0 aliphatic carbocycles. The van der Waals surface area contributed by atoms with E-state index in [0.717, 1.165) is 6.54 Å². The van der Waals surface area contributed by atoms with Gasteiger partial charge >= 0.3 is 0 Å². The zero-order valence-corrected chi connectivity index (χ0v) is 10.3. The van der Waals surface area contributed by atoms with Gasteiger partial charge in [0.1, 0.15) is 5.82 Å². The summed E-state index contributed by atoms with van der Waals surface area (Å²) in [6.07, 6.45) is 4.96. The molecule has 0 unspecified atom stereocenters. The molecule has 1 heterocycles. The molecule has 1 saturated heterocycles. The van der Waals surface area contributed by atoms with Gasteiger partial charge in [-0.25, -0.2) is 4.39 Å². The summed E-state index contributed by atoms with van der Waals surface area (Å²) in [5, 5.41) is 3.43. The van der Waals surface area contributed by atoms with Crippen molar-refractivity contribution in [2.45, 2.75) is 45.6 Å².